The van der Waals surface area contributed by atoms with Crippen molar-refractivity contribution in [1.29, 1.82) is 0 Å². The number of likely N-dealkylation sites (tertiary alicyclic amines) is 1. The van der Waals surface area contributed by atoms with Crippen LogP contribution in [0.25, 0.3) is 0 Å². The molecule has 4 heteroatoms. The summed E-state index contributed by atoms with van der Waals surface area (Å²) in [6.07, 6.45) is 1.86. The van der Waals surface area contributed by atoms with Crippen LogP contribution in [0, 0.1) is 5.92 Å². The lowest BCUT2D eigenvalue weighted by Gasteiger charge is -2.32. The molecule has 2 aromatic carbocycles. The highest BCUT2D eigenvalue weighted by molar-refractivity contribution is 9.10. The first-order valence-electron chi connectivity index (χ1n) is 8.94. The van der Waals surface area contributed by atoms with Crippen LogP contribution in [0.5, 0.6) is 0 Å². The first-order valence-corrected chi connectivity index (χ1v) is 9.73. The average molecular weight is 401 g/mol. The van der Waals surface area contributed by atoms with Gasteiger partial charge in [0.15, 0.2) is 0 Å². The van der Waals surface area contributed by atoms with Gasteiger partial charge in [0.25, 0.3) is 0 Å². The number of nitrogens with zero attached hydrogens (tertiary/aromatic N) is 1. The summed E-state index contributed by atoms with van der Waals surface area (Å²) in [7, 11) is 0. The van der Waals surface area contributed by atoms with Crippen molar-refractivity contribution in [3.8, 4) is 0 Å². The Morgan fingerprint density at radius 3 is 2.56 bits per heavy atom. The molecule has 0 aromatic heterocycles. The number of hydrogen-bond donors (Lipinski definition) is 1. The molecular weight excluding hydrogens is 376 g/mol. The van der Waals surface area contributed by atoms with Gasteiger partial charge in [-0.1, -0.05) is 58.4 Å². The molecule has 1 N–H and O–H groups in total. The molecule has 1 heterocycles. The first kappa shape index (κ1) is 18.2. The summed E-state index contributed by atoms with van der Waals surface area (Å²) in [5, 5.41) is 3.17. The Morgan fingerprint density at radius 2 is 1.88 bits per heavy atom. The Balaban J connectivity index is 1.47. The minimum Gasteiger partial charge on any atom is -0.349 e. The van der Waals surface area contributed by atoms with Gasteiger partial charge < -0.3 is 5.32 Å². The van der Waals surface area contributed by atoms with Crippen LogP contribution >= 0.6 is 15.9 Å². The Bertz CT molecular complexity index is 696. The van der Waals surface area contributed by atoms with Gasteiger partial charge in [0.05, 0.1) is 6.04 Å². The Morgan fingerprint density at radius 1 is 1.16 bits per heavy atom. The summed E-state index contributed by atoms with van der Waals surface area (Å²) in [4.78, 5) is 15.0. The number of carbonyl (C=O) groups excluding carboxylic acids is 1. The molecule has 1 saturated heterocycles. The van der Waals surface area contributed by atoms with E-state index in [2.05, 4.69) is 63.4 Å². The predicted molar refractivity (Wildman–Crippen MR) is 105 cm³/mol. The Labute approximate surface area is 158 Å². The molecule has 0 aliphatic carbocycles. The molecule has 1 atom stereocenters. The standard InChI is InChI=1S/C21H25BrN2O/c1-16(18-7-3-2-4-8-18)23-21(25)19-10-12-24(13-11-19)15-17-6-5-9-20(22)14-17/h2-9,14,16,19H,10-13,15H2,1H3,(H,23,25)/t16-/m1/s1. The van der Waals surface area contributed by atoms with E-state index >= 15 is 0 Å². The van der Waals surface area contributed by atoms with Crippen molar-refractivity contribution in [3.05, 3.63) is 70.2 Å². The molecule has 1 fully saturated rings. The number of halogens is 1. The van der Waals surface area contributed by atoms with E-state index in [1.54, 1.807) is 0 Å². The molecule has 3 rings (SSSR count). The van der Waals surface area contributed by atoms with Gasteiger partial charge in [-0.15, -0.1) is 0 Å². The van der Waals surface area contributed by atoms with Crippen molar-refractivity contribution < 1.29 is 4.79 Å². The molecule has 0 radical (unpaired) electrons. The largest absolute Gasteiger partial charge is 0.349 e. The van der Waals surface area contributed by atoms with E-state index < -0.39 is 0 Å². The molecule has 3 nitrogen and oxygen atoms in total. The van der Waals surface area contributed by atoms with Gasteiger partial charge in [-0.25, -0.2) is 0 Å². The molecule has 132 valence electrons. The maximum absolute atomic E-state index is 12.6. The number of piperidine rings is 1. The summed E-state index contributed by atoms with van der Waals surface area (Å²) >= 11 is 3.53. The third kappa shape index (κ3) is 5.16. The monoisotopic (exact) mass is 400 g/mol. The van der Waals surface area contributed by atoms with Crippen LogP contribution in [0.3, 0.4) is 0 Å². The van der Waals surface area contributed by atoms with Crippen LogP contribution in [-0.2, 0) is 11.3 Å². The summed E-state index contributed by atoms with van der Waals surface area (Å²) in [5.74, 6) is 0.323. The minimum absolute atomic E-state index is 0.0633. The van der Waals surface area contributed by atoms with E-state index in [1.165, 1.54) is 5.56 Å². The zero-order valence-corrected chi connectivity index (χ0v) is 16.2. The van der Waals surface area contributed by atoms with Crippen LogP contribution in [0.2, 0.25) is 0 Å². The van der Waals surface area contributed by atoms with Crippen LogP contribution in [0.15, 0.2) is 59.1 Å². The fourth-order valence-corrected chi connectivity index (χ4v) is 3.85. The summed E-state index contributed by atoms with van der Waals surface area (Å²) in [6, 6.07) is 18.7. The smallest absolute Gasteiger partial charge is 0.223 e. The lowest BCUT2D eigenvalue weighted by molar-refractivity contribution is -0.127. The first-order chi connectivity index (χ1) is 12.1. The minimum atomic E-state index is 0.0633. The topological polar surface area (TPSA) is 32.3 Å². The van der Waals surface area contributed by atoms with Crippen LogP contribution in [-0.4, -0.2) is 23.9 Å². The van der Waals surface area contributed by atoms with Crippen LogP contribution in [0.1, 0.15) is 36.9 Å². The van der Waals surface area contributed by atoms with Crippen LogP contribution in [0.4, 0.5) is 0 Å². The maximum atomic E-state index is 12.6. The van der Waals surface area contributed by atoms with Gasteiger partial charge >= 0.3 is 0 Å². The lowest BCUT2D eigenvalue weighted by atomic mass is 9.95. The van der Waals surface area contributed by atoms with E-state index in [4.69, 9.17) is 0 Å². The average Bonchev–Trinajstić information content (AvgIpc) is 2.63. The molecule has 1 amide bonds. The summed E-state index contributed by atoms with van der Waals surface area (Å²) in [6.45, 7) is 4.96. The predicted octanol–water partition coefficient (Wildman–Crippen LogP) is 4.54. The number of rotatable bonds is 5. The van der Waals surface area contributed by atoms with Crippen LogP contribution < -0.4 is 5.32 Å². The molecular formula is C21H25BrN2O. The zero-order chi connectivity index (χ0) is 17.6. The van der Waals surface area contributed by atoms with E-state index in [-0.39, 0.29) is 17.9 Å². The van der Waals surface area contributed by atoms with E-state index in [0.717, 1.165) is 42.5 Å². The maximum Gasteiger partial charge on any atom is 0.223 e. The second kappa shape index (κ2) is 8.63. The third-order valence-electron chi connectivity index (χ3n) is 4.91. The lowest BCUT2D eigenvalue weighted by Crippen LogP contribution is -2.40. The summed E-state index contributed by atoms with van der Waals surface area (Å²) < 4.78 is 1.12. The van der Waals surface area contributed by atoms with Crippen molar-refractivity contribution in [2.45, 2.75) is 32.4 Å². The van der Waals surface area contributed by atoms with Crippen molar-refractivity contribution >= 4 is 21.8 Å². The third-order valence-corrected chi connectivity index (χ3v) is 5.41. The number of benzene rings is 2. The van der Waals surface area contributed by atoms with Gasteiger partial charge in [0.1, 0.15) is 0 Å². The van der Waals surface area contributed by atoms with E-state index in [9.17, 15) is 4.79 Å². The fraction of sp³-hybridized carbons (Fsp3) is 0.381. The van der Waals surface area contributed by atoms with Crippen molar-refractivity contribution in [3.63, 3.8) is 0 Å². The van der Waals surface area contributed by atoms with E-state index in [1.807, 2.05) is 24.3 Å². The zero-order valence-electron chi connectivity index (χ0n) is 14.6. The van der Waals surface area contributed by atoms with E-state index in [0.29, 0.717) is 0 Å². The van der Waals surface area contributed by atoms with Crippen molar-refractivity contribution in [1.82, 2.24) is 10.2 Å². The molecule has 0 spiro atoms. The van der Waals surface area contributed by atoms with Gasteiger partial charge in [0, 0.05) is 16.9 Å². The molecule has 0 bridgehead atoms. The Hall–Kier alpha value is -1.65. The quantitative estimate of drug-likeness (QED) is 0.798. The Kier molecular flexibility index (Phi) is 6.27. The van der Waals surface area contributed by atoms with Gasteiger partial charge in [0.2, 0.25) is 5.91 Å². The number of carbonyl (C=O) groups is 1. The second-order valence-corrected chi connectivity index (χ2v) is 7.74. The highest BCUT2D eigenvalue weighted by atomic mass is 79.9. The molecule has 2 aromatic rings. The number of hydrogen-bond acceptors (Lipinski definition) is 2. The molecule has 0 unspecified atom stereocenters. The highest BCUT2D eigenvalue weighted by Gasteiger charge is 2.25. The number of amides is 1. The second-order valence-electron chi connectivity index (χ2n) is 6.82. The fourth-order valence-electron chi connectivity index (χ4n) is 3.40. The van der Waals surface area contributed by atoms with Crippen molar-refractivity contribution in [2.75, 3.05) is 13.1 Å². The van der Waals surface area contributed by atoms with Gasteiger partial charge in [-0.2, -0.15) is 0 Å². The van der Waals surface area contributed by atoms with Crippen molar-refractivity contribution in [2.24, 2.45) is 5.92 Å². The molecule has 25 heavy (non-hydrogen) atoms. The normalized spacial score (nSPS) is 17.2. The molecule has 0 saturated carbocycles. The SMILES string of the molecule is C[C@@H](NC(=O)C1CCN(Cc2cccc(Br)c2)CC1)c1ccccc1. The van der Waals surface area contributed by atoms with Gasteiger partial charge in [-0.3, -0.25) is 9.69 Å². The number of nitrogens with one attached hydrogen (secondary N) is 1. The van der Waals surface area contributed by atoms with Gasteiger partial charge in [-0.05, 0) is 56.1 Å². The molecule has 1 aliphatic heterocycles. The molecule has 1 aliphatic rings. The summed E-state index contributed by atoms with van der Waals surface area (Å²) in [5.41, 5.74) is 2.47. The highest BCUT2D eigenvalue weighted by Crippen LogP contribution is 2.22.